The third-order valence-corrected chi connectivity index (χ3v) is 1.64. The van der Waals surface area contributed by atoms with Crippen LogP contribution in [0.1, 0.15) is 6.42 Å². The summed E-state index contributed by atoms with van der Waals surface area (Å²) in [6, 6.07) is 0. The summed E-state index contributed by atoms with van der Waals surface area (Å²) in [5, 5.41) is 8.47. The highest BCUT2D eigenvalue weighted by Gasteiger charge is 2.04. The lowest BCUT2D eigenvalue weighted by molar-refractivity contribution is -0.137. The van der Waals surface area contributed by atoms with Gasteiger partial charge in [-0.2, -0.15) is 0 Å². The summed E-state index contributed by atoms with van der Waals surface area (Å²) in [7, 11) is 1.63. The number of methoxy groups -OCH3 is 1. The second kappa shape index (κ2) is 7.76. The lowest BCUT2D eigenvalue weighted by Crippen LogP contribution is -2.29. The first kappa shape index (κ1) is 12.1. The van der Waals surface area contributed by atoms with Gasteiger partial charge in [0.25, 0.3) is 0 Å². The number of ether oxygens (including phenoxy) is 1. The van der Waals surface area contributed by atoms with E-state index >= 15 is 0 Å². The zero-order valence-corrected chi connectivity index (χ0v) is 8.03. The minimum atomic E-state index is -0.772. The molecule has 0 aromatic rings. The Morgan fingerprint density at radius 3 is 2.77 bits per heavy atom. The second-order valence-electron chi connectivity index (χ2n) is 2.73. The van der Waals surface area contributed by atoms with E-state index in [0.29, 0.717) is 19.7 Å². The predicted octanol–water partition coefficient (Wildman–Crippen LogP) is 0.595. The molecule has 0 saturated heterocycles. The van der Waals surface area contributed by atoms with Crippen molar-refractivity contribution in [2.75, 3.05) is 33.4 Å². The van der Waals surface area contributed by atoms with Crippen molar-refractivity contribution in [1.29, 1.82) is 0 Å². The van der Waals surface area contributed by atoms with Gasteiger partial charge >= 0.3 is 5.97 Å². The lowest BCUT2D eigenvalue weighted by Gasteiger charge is -2.18. The molecule has 4 nitrogen and oxygen atoms in total. The average molecular weight is 187 g/mol. The molecule has 0 atom stereocenters. The van der Waals surface area contributed by atoms with Crippen molar-refractivity contribution in [3.63, 3.8) is 0 Å². The molecule has 0 aromatic heterocycles. The fraction of sp³-hybridized carbons (Fsp3) is 0.667. The Kier molecular flexibility index (Phi) is 7.24. The van der Waals surface area contributed by atoms with E-state index in [0.717, 1.165) is 6.54 Å². The minimum Gasteiger partial charge on any atom is -0.481 e. The summed E-state index contributed by atoms with van der Waals surface area (Å²) in [5.41, 5.74) is 0. The Morgan fingerprint density at radius 2 is 2.31 bits per heavy atom. The van der Waals surface area contributed by atoms with Crippen LogP contribution >= 0.6 is 0 Å². The maximum Gasteiger partial charge on any atom is 0.304 e. The predicted molar refractivity (Wildman–Crippen MR) is 50.8 cm³/mol. The van der Waals surface area contributed by atoms with Crippen molar-refractivity contribution in [1.82, 2.24) is 4.90 Å². The molecule has 4 heteroatoms. The highest BCUT2D eigenvalue weighted by Crippen LogP contribution is 1.92. The molecule has 0 unspecified atom stereocenters. The highest BCUT2D eigenvalue weighted by molar-refractivity contribution is 5.66. The van der Waals surface area contributed by atoms with Crippen LogP contribution in [-0.2, 0) is 9.53 Å². The molecular weight excluding hydrogens is 170 g/mol. The van der Waals surface area contributed by atoms with Gasteiger partial charge in [0.05, 0.1) is 13.0 Å². The van der Waals surface area contributed by atoms with Crippen LogP contribution < -0.4 is 0 Å². The molecule has 0 aromatic carbocycles. The first-order valence-electron chi connectivity index (χ1n) is 4.24. The average Bonchev–Trinajstić information content (AvgIpc) is 2.09. The molecule has 0 amide bonds. The van der Waals surface area contributed by atoms with Crippen molar-refractivity contribution in [3.8, 4) is 0 Å². The van der Waals surface area contributed by atoms with Crippen LogP contribution in [0, 0.1) is 0 Å². The molecule has 0 rings (SSSR count). The standard InChI is InChI=1S/C9H17NO3/c1-3-5-10(7-8-13-2)6-4-9(11)12/h3H,1,4-8H2,2H3,(H,11,12). The normalized spacial score (nSPS) is 10.3. The summed E-state index contributed by atoms with van der Waals surface area (Å²) in [4.78, 5) is 12.3. The molecule has 13 heavy (non-hydrogen) atoms. The largest absolute Gasteiger partial charge is 0.481 e. The van der Waals surface area contributed by atoms with Gasteiger partial charge in [-0.25, -0.2) is 0 Å². The molecule has 0 fully saturated rings. The maximum absolute atomic E-state index is 10.3. The Labute approximate surface area is 78.8 Å². The first-order chi connectivity index (χ1) is 6.20. The van der Waals surface area contributed by atoms with Gasteiger partial charge in [0, 0.05) is 26.7 Å². The first-order valence-corrected chi connectivity index (χ1v) is 4.24. The Balaban J connectivity index is 3.65. The fourth-order valence-electron chi connectivity index (χ4n) is 0.951. The summed E-state index contributed by atoms with van der Waals surface area (Å²) in [6.07, 6.45) is 1.93. The van der Waals surface area contributed by atoms with Crippen molar-refractivity contribution in [2.24, 2.45) is 0 Å². The van der Waals surface area contributed by atoms with Gasteiger partial charge in [-0.1, -0.05) is 6.08 Å². The zero-order chi connectivity index (χ0) is 10.1. The number of carboxylic acid groups (broad SMARTS) is 1. The van der Waals surface area contributed by atoms with Gasteiger partial charge in [-0.15, -0.1) is 6.58 Å². The van der Waals surface area contributed by atoms with Gasteiger partial charge in [0.2, 0.25) is 0 Å². The molecular formula is C9H17NO3. The number of hydrogen-bond donors (Lipinski definition) is 1. The smallest absolute Gasteiger partial charge is 0.304 e. The van der Waals surface area contributed by atoms with Crippen LogP contribution in [0.15, 0.2) is 12.7 Å². The summed E-state index contributed by atoms with van der Waals surface area (Å²) >= 11 is 0. The molecule has 76 valence electrons. The number of carboxylic acids is 1. The number of nitrogens with zero attached hydrogens (tertiary/aromatic N) is 1. The quantitative estimate of drug-likeness (QED) is 0.565. The van der Waals surface area contributed by atoms with Gasteiger partial charge in [0.1, 0.15) is 0 Å². The number of aliphatic carboxylic acids is 1. The van der Waals surface area contributed by atoms with E-state index in [1.54, 1.807) is 13.2 Å². The number of hydrogen-bond acceptors (Lipinski definition) is 3. The second-order valence-corrected chi connectivity index (χ2v) is 2.73. The Morgan fingerprint density at radius 1 is 1.62 bits per heavy atom. The molecule has 0 aliphatic rings. The monoisotopic (exact) mass is 187 g/mol. The van der Waals surface area contributed by atoms with E-state index in [1.807, 2.05) is 4.90 Å². The van der Waals surface area contributed by atoms with Crippen molar-refractivity contribution in [2.45, 2.75) is 6.42 Å². The molecule has 1 N–H and O–H groups in total. The van der Waals surface area contributed by atoms with Crippen LogP contribution in [0.4, 0.5) is 0 Å². The minimum absolute atomic E-state index is 0.164. The van der Waals surface area contributed by atoms with Gasteiger partial charge in [-0.05, 0) is 0 Å². The third kappa shape index (κ3) is 7.49. The summed E-state index contributed by atoms with van der Waals surface area (Å²) < 4.78 is 4.90. The van der Waals surface area contributed by atoms with Crippen LogP contribution in [-0.4, -0.2) is 49.3 Å². The van der Waals surface area contributed by atoms with Crippen molar-refractivity contribution < 1.29 is 14.6 Å². The number of rotatable bonds is 8. The molecule has 0 spiro atoms. The molecule has 0 bridgehead atoms. The maximum atomic E-state index is 10.3. The van der Waals surface area contributed by atoms with Crippen molar-refractivity contribution >= 4 is 5.97 Å². The Hall–Kier alpha value is -0.870. The SMILES string of the molecule is C=CCN(CCOC)CCC(=O)O. The topological polar surface area (TPSA) is 49.8 Å². The van der Waals surface area contributed by atoms with E-state index in [4.69, 9.17) is 9.84 Å². The number of carbonyl (C=O) groups is 1. The van der Waals surface area contributed by atoms with Crippen LogP contribution in [0.2, 0.25) is 0 Å². The third-order valence-electron chi connectivity index (χ3n) is 1.64. The van der Waals surface area contributed by atoms with E-state index in [-0.39, 0.29) is 6.42 Å². The summed E-state index contributed by atoms with van der Waals surface area (Å²) in [5.74, 6) is -0.772. The molecule has 0 saturated carbocycles. The van der Waals surface area contributed by atoms with E-state index < -0.39 is 5.97 Å². The van der Waals surface area contributed by atoms with Crippen LogP contribution in [0.3, 0.4) is 0 Å². The lowest BCUT2D eigenvalue weighted by atomic mass is 10.3. The summed E-state index contributed by atoms with van der Waals surface area (Å²) in [6.45, 7) is 6.22. The van der Waals surface area contributed by atoms with Gasteiger partial charge in [0.15, 0.2) is 0 Å². The van der Waals surface area contributed by atoms with E-state index in [9.17, 15) is 4.79 Å². The Bertz CT molecular complexity index is 159. The zero-order valence-electron chi connectivity index (χ0n) is 8.03. The molecule has 0 radical (unpaired) electrons. The van der Waals surface area contributed by atoms with Gasteiger partial charge < -0.3 is 9.84 Å². The van der Waals surface area contributed by atoms with E-state index in [2.05, 4.69) is 6.58 Å². The van der Waals surface area contributed by atoms with Gasteiger partial charge in [-0.3, -0.25) is 9.69 Å². The molecule has 0 aliphatic carbocycles. The molecule has 0 heterocycles. The van der Waals surface area contributed by atoms with E-state index in [1.165, 1.54) is 0 Å². The van der Waals surface area contributed by atoms with Crippen LogP contribution in [0.25, 0.3) is 0 Å². The fourth-order valence-corrected chi connectivity index (χ4v) is 0.951. The highest BCUT2D eigenvalue weighted by atomic mass is 16.5. The molecule has 0 aliphatic heterocycles. The van der Waals surface area contributed by atoms with Crippen LogP contribution in [0.5, 0.6) is 0 Å². The van der Waals surface area contributed by atoms with Crippen molar-refractivity contribution in [3.05, 3.63) is 12.7 Å².